The second-order valence-electron chi connectivity index (χ2n) is 5.05. The summed E-state index contributed by atoms with van der Waals surface area (Å²) in [5, 5.41) is 1.05. The third-order valence-electron chi connectivity index (χ3n) is 3.27. The van der Waals surface area contributed by atoms with Gasteiger partial charge in [0.1, 0.15) is 12.0 Å². The van der Waals surface area contributed by atoms with Gasteiger partial charge in [0.2, 0.25) is 11.2 Å². The van der Waals surface area contributed by atoms with Crippen molar-refractivity contribution in [2.75, 3.05) is 0 Å². The average molecular weight is 377 g/mol. The number of thioether (sulfide) groups is 1. The summed E-state index contributed by atoms with van der Waals surface area (Å²) in [5.41, 5.74) is -0.264. The van der Waals surface area contributed by atoms with Crippen LogP contribution in [0.1, 0.15) is 16.1 Å². The van der Waals surface area contributed by atoms with E-state index in [0.29, 0.717) is 11.5 Å². The monoisotopic (exact) mass is 376 g/mol. The third-order valence-corrected chi connectivity index (χ3v) is 4.68. The molecule has 8 heteroatoms. The van der Waals surface area contributed by atoms with Crippen LogP contribution in [0, 0.1) is 0 Å². The van der Waals surface area contributed by atoms with Gasteiger partial charge in [-0.2, -0.15) is 0 Å². The minimum absolute atomic E-state index is 0.179. The maximum atomic E-state index is 12.1. The van der Waals surface area contributed by atoms with E-state index in [2.05, 4.69) is 4.98 Å². The molecule has 0 atom stereocenters. The Bertz CT molecular complexity index is 967. The molecule has 6 nitrogen and oxygen atoms in total. The Balaban J connectivity index is 1.70. The Morgan fingerprint density at radius 3 is 2.88 bits per heavy atom. The van der Waals surface area contributed by atoms with Crippen LogP contribution >= 0.6 is 23.4 Å². The van der Waals surface area contributed by atoms with Gasteiger partial charge in [0, 0.05) is 25.5 Å². The van der Waals surface area contributed by atoms with Gasteiger partial charge < -0.3 is 13.7 Å². The lowest BCUT2D eigenvalue weighted by molar-refractivity contribution is 0.0729. The van der Waals surface area contributed by atoms with Crippen LogP contribution in [-0.4, -0.2) is 15.5 Å². The number of carbonyl (C=O) groups is 1. The van der Waals surface area contributed by atoms with Gasteiger partial charge in [0.05, 0.1) is 16.3 Å². The highest BCUT2D eigenvalue weighted by Gasteiger charge is 2.15. The first kappa shape index (κ1) is 17.3. The van der Waals surface area contributed by atoms with Gasteiger partial charge in [0.15, 0.2) is 5.16 Å². The summed E-state index contributed by atoms with van der Waals surface area (Å²) in [6.45, 7) is 0. The molecule has 0 N–H and O–H groups in total. The van der Waals surface area contributed by atoms with E-state index in [1.54, 1.807) is 24.4 Å². The number of aryl methyl sites for hydroxylation is 1. The Kier molecular flexibility index (Phi) is 5.25. The van der Waals surface area contributed by atoms with Crippen molar-refractivity contribution in [3.8, 4) is 5.75 Å². The molecule has 128 valence electrons. The predicted octanol–water partition coefficient (Wildman–Crippen LogP) is 3.54. The summed E-state index contributed by atoms with van der Waals surface area (Å²) >= 11 is 7.37. The minimum Gasteiger partial charge on any atom is -0.464 e. The zero-order valence-electron chi connectivity index (χ0n) is 13.1. The van der Waals surface area contributed by atoms with Crippen molar-refractivity contribution in [3.05, 3.63) is 75.6 Å². The first-order valence-corrected chi connectivity index (χ1v) is 8.59. The normalized spacial score (nSPS) is 10.6. The number of aromatic nitrogens is 2. The van der Waals surface area contributed by atoms with E-state index in [0.717, 1.165) is 11.4 Å². The van der Waals surface area contributed by atoms with Gasteiger partial charge in [-0.05, 0) is 12.1 Å². The standard InChI is InChI=1S/C17H13ClN2O4S/c1-20-7-6-19-17(20)25-10-11-8-14(21)15(9-23-11)24-16(22)12-4-2-3-5-13(12)18/h2-9H,10H2,1H3. The molecule has 2 heterocycles. The number of esters is 1. The first-order valence-electron chi connectivity index (χ1n) is 7.23. The van der Waals surface area contributed by atoms with Gasteiger partial charge in [0.25, 0.3) is 0 Å². The highest BCUT2D eigenvalue weighted by atomic mass is 35.5. The van der Waals surface area contributed by atoms with E-state index in [9.17, 15) is 9.59 Å². The molecule has 0 aliphatic heterocycles. The fourth-order valence-electron chi connectivity index (χ4n) is 2.00. The van der Waals surface area contributed by atoms with Gasteiger partial charge >= 0.3 is 5.97 Å². The van der Waals surface area contributed by atoms with Gasteiger partial charge in [-0.25, -0.2) is 9.78 Å². The number of hydrogen-bond donors (Lipinski definition) is 0. The lowest BCUT2D eigenvalue weighted by Crippen LogP contribution is -2.15. The molecule has 0 amide bonds. The molecule has 0 saturated carbocycles. The van der Waals surface area contributed by atoms with Crippen LogP contribution < -0.4 is 10.2 Å². The maximum absolute atomic E-state index is 12.1. The van der Waals surface area contributed by atoms with Crippen molar-refractivity contribution in [1.82, 2.24) is 9.55 Å². The van der Waals surface area contributed by atoms with E-state index >= 15 is 0 Å². The van der Waals surface area contributed by atoms with E-state index in [1.807, 2.05) is 17.8 Å². The highest BCUT2D eigenvalue weighted by molar-refractivity contribution is 7.98. The zero-order valence-corrected chi connectivity index (χ0v) is 14.7. The molecule has 0 bridgehead atoms. The van der Waals surface area contributed by atoms with Crippen LogP contribution in [0.25, 0.3) is 0 Å². The quantitative estimate of drug-likeness (QED) is 0.501. The molecule has 0 fully saturated rings. The van der Waals surface area contributed by atoms with E-state index < -0.39 is 11.4 Å². The smallest absolute Gasteiger partial charge is 0.345 e. The van der Waals surface area contributed by atoms with Crippen molar-refractivity contribution in [3.63, 3.8) is 0 Å². The molecule has 0 unspecified atom stereocenters. The molecule has 25 heavy (non-hydrogen) atoms. The number of imidazole rings is 1. The largest absolute Gasteiger partial charge is 0.464 e. The number of rotatable bonds is 5. The topological polar surface area (TPSA) is 74.3 Å². The lowest BCUT2D eigenvalue weighted by atomic mass is 10.2. The molecular formula is C17H13ClN2O4S. The van der Waals surface area contributed by atoms with Gasteiger partial charge in [-0.1, -0.05) is 35.5 Å². The number of benzene rings is 1. The van der Waals surface area contributed by atoms with E-state index in [-0.39, 0.29) is 16.3 Å². The minimum atomic E-state index is -0.715. The number of hydrogen-bond acceptors (Lipinski definition) is 6. The molecular weight excluding hydrogens is 364 g/mol. The van der Waals surface area contributed by atoms with Crippen molar-refractivity contribution in [1.29, 1.82) is 0 Å². The lowest BCUT2D eigenvalue weighted by Gasteiger charge is -2.06. The van der Waals surface area contributed by atoms with Crippen molar-refractivity contribution in [2.24, 2.45) is 7.05 Å². The summed E-state index contributed by atoms with van der Waals surface area (Å²) in [4.78, 5) is 28.4. The number of nitrogens with zero attached hydrogens (tertiary/aromatic N) is 2. The SMILES string of the molecule is Cn1ccnc1SCc1cc(=O)c(OC(=O)c2ccccc2Cl)co1. The number of halogens is 1. The number of carbonyl (C=O) groups excluding carboxylic acids is 1. The van der Waals surface area contributed by atoms with Crippen molar-refractivity contribution < 1.29 is 13.9 Å². The van der Waals surface area contributed by atoms with Gasteiger partial charge in [-0.3, -0.25) is 4.79 Å². The predicted molar refractivity (Wildman–Crippen MR) is 94.2 cm³/mol. The average Bonchev–Trinajstić information content (AvgIpc) is 3.00. The fourth-order valence-corrected chi connectivity index (χ4v) is 3.03. The summed E-state index contributed by atoms with van der Waals surface area (Å²) in [6, 6.07) is 7.73. The molecule has 0 aliphatic rings. The van der Waals surface area contributed by atoms with Crippen LogP contribution in [-0.2, 0) is 12.8 Å². The molecule has 2 aromatic heterocycles. The fraction of sp³-hybridized carbons (Fsp3) is 0.118. The second-order valence-corrected chi connectivity index (χ2v) is 6.40. The third kappa shape index (κ3) is 4.12. The summed E-state index contributed by atoms with van der Waals surface area (Å²) in [7, 11) is 1.88. The second kappa shape index (κ2) is 7.58. The molecule has 0 saturated heterocycles. The van der Waals surface area contributed by atoms with Crippen molar-refractivity contribution in [2.45, 2.75) is 10.9 Å². The summed E-state index contributed by atoms with van der Waals surface area (Å²) in [5.74, 6) is -0.0158. The maximum Gasteiger partial charge on any atom is 0.345 e. The molecule has 0 aliphatic carbocycles. The highest BCUT2D eigenvalue weighted by Crippen LogP contribution is 2.21. The number of ether oxygens (including phenoxy) is 1. The van der Waals surface area contributed by atoms with E-state index in [1.165, 1.54) is 23.9 Å². The van der Waals surface area contributed by atoms with E-state index in [4.69, 9.17) is 20.8 Å². The Morgan fingerprint density at radius 2 is 2.20 bits per heavy atom. The first-order chi connectivity index (χ1) is 12.0. The van der Waals surface area contributed by atoms with Gasteiger partial charge in [-0.15, -0.1) is 0 Å². The molecule has 1 aromatic carbocycles. The van der Waals surface area contributed by atoms with Crippen LogP contribution in [0.4, 0.5) is 0 Å². The Labute approximate surface area is 152 Å². The Hall–Kier alpha value is -2.51. The van der Waals surface area contributed by atoms with Crippen LogP contribution in [0.15, 0.2) is 63.4 Å². The summed E-state index contributed by atoms with van der Waals surface area (Å²) in [6.07, 6.45) is 4.65. The van der Waals surface area contributed by atoms with Crippen LogP contribution in [0.2, 0.25) is 5.02 Å². The molecule has 0 radical (unpaired) electrons. The van der Waals surface area contributed by atoms with Crippen LogP contribution in [0.3, 0.4) is 0 Å². The summed E-state index contributed by atoms with van der Waals surface area (Å²) < 4.78 is 12.3. The molecule has 3 rings (SSSR count). The zero-order chi connectivity index (χ0) is 17.8. The van der Waals surface area contributed by atoms with Crippen molar-refractivity contribution >= 4 is 29.3 Å². The molecule has 0 spiro atoms. The van der Waals surface area contributed by atoms with Crippen LogP contribution in [0.5, 0.6) is 5.75 Å². The Morgan fingerprint density at radius 1 is 1.40 bits per heavy atom. The molecule has 3 aromatic rings.